The van der Waals surface area contributed by atoms with E-state index in [0.717, 1.165) is 11.3 Å². The Bertz CT molecular complexity index is 853. The molecule has 3 aromatic heterocycles. The molecule has 0 bridgehead atoms. The van der Waals surface area contributed by atoms with Crippen molar-refractivity contribution < 1.29 is 13.9 Å². The van der Waals surface area contributed by atoms with Gasteiger partial charge in [0.15, 0.2) is 17.5 Å². The number of pyridine rings is 1. The summed E-state index contributed by atoms with van der Waals surface area (Å²) in [5.74, 6) is 1.02. The van der Waals surface area contributed by atoms with Gasteiger partial charge in [0.25, 0.3) is 11.8 Å². The van der Waals surface area contributed by atoms with Gasteiger partial charge in [-0.2, -0.15) is 0 Å². The van der Waals surface area contributed by atoms with E-state index in [0.29, 0.717) is 24.1 Å². The first-order valence-electron chi connectivity index (χ1n) is 8.04. The molecule has 0 aliphatic heterocycles. The van der Waals surface area contributed by atoms with Gasteiger partial charge in [0.1, 0.15) is 0 Å². The predicted molar refractivity (Wildman–Crippen MR) is 98.1 cm³/mol. The molecule has 0 radical (unpaired) electrons. The molecule has 9 heteroatoms. The van der Waals surface area contributed by atoms with Crippen molar-refractivity contribution >= 4 is 28.8 Å². The van der Waals surface area contributed by atoms with E-state index in [4.69, 9.17) is 20.8 Å². The van der Waals surface area contributed by atoms with Crippen LogP contribution in [0.2, 0.25) is 5.15 Å². The zero-order valence-corrected chi connectivity index (χ0v) is 15.7. The highest BCUT2D eigenvalue weighted by Crippen LogP contribution is 2.23. The minimum absolute atomic E-state index is 0.142. The maximum Gasteiger partial charge on any atom is 0.260 e. The second-order valence-electron chi connectivity index (χ2n) is 5.37. The number of amides is 1. The van der Waals surface area contributed by atoms with Crippen LogP contribution in [-0.4, -0.2) is 39.1 Å². The Morgan fingerprint density at radius 2 is 2.23 bits per heavy atom. The Balaban J connectivity index is 1.63. The first-order chi connectivity index (χ1) is 12.7. The predicted octanol–water partition coefficient (Wildman–Crippen LogP) is 3.66. The first-order valence-corrected chi connectivity index (χ1v) is 9.30. The highest BCUT2D eigenvalue weighted by Gasteiger charge is 2.18. The van der Waals surface area contributed by atoms with Crippen LogP contribution in [-0.2, 0) is 11.3 Å². The molecule has 0 aliphatic rings. The SMILES string of the molecule is CCCN(Cc1nnc(-c2cccs2)o1)C(=O)COc1cccnc1Cl. The third kappa shape index (κ3) is 4.59. The van der Waals surface area contributed by atoms with E-state index in [9.17, 15) is 4.79 Å². The van der Waals surface area contributed by atoms with Gasteiger partial charge in [-0.3, -0.25) is 4.79 Å². The molecule has 3 heterocycles. The molecular weight excluding hydrogens is 376 g/mol. The molecule has 0 aliphatic carbocycles. The molecule has 0 fully saturated rings. The Morgan fingerprint density at radius 3 is 2.96 bits per heavy atom. The largest absolute Gasteiger partial charge is 0.481 e. The highest BCUT2D eigenvalue weighted by atomic mass is 35.5. The summed E-state index contributed by atoms with van der Waals surface area (Å²) in [4.78, 5) is 18.9. The van der Waals surface area contributed by atoms with Gasteiger partial charge in [0.2, 0.25) is 5.89 Å². The van der Waals surface area contributed by atoms with E-state index in [1.54, 1.807) is 23.2 Å². The second kappa shape index (κ2) is 8.77. The van der Waals surface area contributed by atoms with Crippen LogP contribution in [0.15, 0.2) is 40.3 Å². The summed E-state index contributed by atoms with van der Waals surface area (Å²) >= 11 is 7.45. The van der Waals surface area contributed by atoms with Gasteiger partial charge in [-0.15, -0.1) is 21.5 Å². The Morgan fingerprint density at radius 1 is 1.35 bits per heavy atom. The van der Waals surface area contributed by atoms with E-state index >= 15 is 0 Å². The van der Waals surface area contributed by atoms with Crippen LogP contribution < -0.4 is 4.74 Å². The zero-order valence-electron chi connectivity index (χ0n) is 14.1. The third-order valence-electron chi connectivity index (χ3n) is 3.45. The summed E-state index contributed by atoms with van der Waals surface area (Å²) in [5.41, 5.74) is 0. The van der Waals surface area contributed by atoms with Crippen molar-refractivity contribution in [3.63, 3.8) is 0 Å². The molecule has 0 atom stereocenters. The summed E-state index contributed by atoms with van der Waals surface area (Å²) in [7, 11) is 0. The average molecular weight is 393 g/mol. The van der Waals surface area contributed by atoms with Crippen molar-refractivity contribution in [1.82, 2.24) is 20.1 Å². The summed E-state index contributed by atoms with van der Waals surface area (Å²) in [6, 6.07) is 7.18. The van der Waals surface area contributed by atoms with Crippen molar-refractivity contribution in [3.8, 4) is 16.5 Å². The normalized spacial score (nSPS) is 10.7. The topological polar surface area (TPSA) is 81.4 Å². The van der Waals surface area contributed by atoms with Crippen LogP contribution in [0.25, 0.3) is 10.8 Å². The smallest absolute Gasteiger partial charge is 0.260 e. The zero-order chi connectivity index (χ0) is 18.4. The molecule has 136 valence electrons. The molecule has 3 rings (SSSR count). The Labute approximate surface area is 159 Å². The molecule has 0 unspecified atom stereocenters. The molecule has 1 amide bonds. The molecule has 26 heavy (non-hydrogen) atoms. The minimum Gasteiger partial charge on any atom is -0.481 e. The minimum atomic E-state index is -0.192. The molecule has 0 aromatic carbocycles. The lowest BCUT2D eigenvalue weighted by Gasteiger charge is -2.20. The molecule has 0 N–H and O–H groups in total. The van der Waals surface area contributed by atoms with Gasteiger partial charge < -0.3 is 14.1 Å². The monoisotopic (exact) mass is 392 g/mol. The van der Waals surface area contributed by atoms with Gasteiger partial charge >= 0.3 is 0 Å². The highest BCUT2D eigenvalue weighted by molar-refractivity contribution is 7.13. The van der Waals surface area contributed by atoms with Gasteiger partial charge in [-0.05, 0) is 30.0 Å². The number of halogens is 1. The maximum atomic E-state index is 12.5. The van der Waals surface area contributed by atoms with Crippen LogP contribution in [0.5, 0.6) is 5.75 Å². The van der Waals surface area contributed by atoms with E-state index in [2.05, 4.69) is 15.2 Å². The molecule has 3 aromatic rings. The fourth-order valence-electron chi connectivity index (χ4n) is 2.25. The lowest BCUT2D eigenvalue weighted by molar-refractivity contribution is -0.134. The number of ether oxygens (including phenoxy) is 1. The van der Waals surface area contributed by atoms with Gasteiger partial charge in [0, 0.05) is 12.7 Å². The van der Waals surface area contributed by atoms with E-state index in [-0.39, 0.29) is 24.2 Å². The average Bonchev–Trinajstić information content (AvgIpc) is 3.32. The summed E-state index contributed by atoms with van der Waals surface area (Å²) in [6.07, 6.45) is 2.35. The molecule has 0 saturated heterocycles. The van der Waals surface area contributed by atoms with E-state index in [1.165, 1.54) is 11.3 Å². The summed E-state index contributed by atoms with van der Waals surface area (Å²) in [6.45, 7) is 2.64. The first kappa shape index (κ1) is 18.3. The van der Waals surface area contributed by atoms with Gasteiger partial charge in [-0.1, -0.05) is 24.6 Å². The fraction of sp³-hybridized carbons (Fsp3) is 0.294. The van der Waals surface area contributed by atoms with Gasteiger partial charge in [0.05, 0.1) is 11.4 Å². The number of hydrogen-bond acceptors (Lipinski definition) is 7. The fourth-order valence-corrected chi connectivity index (χ4v) is 3.07. The van der Waals surface area contributed by atoms with Crippen molar-refractivity contribution in [2.45, 2.75) is 19.9 Å². The maximum absolute atomic E-state index is 12.5. The second-order valence-corrected chi connectivity index (χ2v) is 6.68. The van der Waals surface area contributed by atoms with Gasteiger partial charge in [-0.25, -0.2) is 4.98 Å². The molecule has 0 saturated carbocycles. The van der Waals surface area contributed by atoms with Crippen LogP contribution >= 0.6 is 22.9 Å². The van der Waals surface area contributed by atoms with Crippen molar-refractivity contribution in [2.24, 2.45) is 0 Å². The van der Waals surface area contributed by atoms with Crippen molar-refractivity contribution in [1.29, 1.82) is 0 Å². The third-order valence-corrected chi connectivity index (χ3v) is 4.59. The number of rotatable bonds is 8. The molecule has 0 spiro atoms. The number of thiophene rings is 1. The molecule has 7 nitrogen and oxygen atoms in total. The van der Waals surface area contributed by atoms with Crippen LogP contribution in [0.3, 0.4) is 0 Å². The Hall–Kier alpha value is -2.45. The number of hydrogen-bond donors (Lipinski definition) is 0. The van der Waals surface area contributed by atoms with Crippen LogP contribution in [0.4, 0.5) is 0 Å². The number of nitrogens with zero attached hydrogens (tertiary/aromatic N) is 4. The van der Waals surface area contributed by atoms with Crippen LogP contribution in [0, 0.1) is 0 Å². The van der Waals surface area contributed by atoms with E-state index < -0.39 is 0 Å². The standard InChI is InChI=1S/C17H17ClN4O3S/c1-2-8-22(15(23)11-24-12-5-3-7-19-16(12)18)10-14-20-21-17(25-14)13-6-4-9-26-13/h3-7,9H,2,8,10-11H2,1H3. The summed E-state index contributed by atoms with van der Waals surface area (Å²) < 4.78 is 11.1. The number of carbonyl (C=O) groups excluding carboxylic acids is 1. The lowest BCUT2D eigenvalue weighted by Crippen LogP contribution is -2.35. The van der Waals surface area contributed by atoms with Crippen LogP contribution in [0.1, 0.15) is 19.2 Å². The summed E-state index contributed by atoms with van der Waals surface area (Å²) in [5, 5.41) is 10.2. The van der Waals surface area contributed by atoms with Crippen molar-refractivity contribution in [3.05, 3.63) is 46.9 Å². The van der Waals surface area contributed by atoms with Crippen molar-refractivity contribution in [2.75, 3.05) is 13.2 Å². The quantitative estimate of drug-likeness (QED) is 0.544. The number of carbonyl (C=O) groups is 1. The molecular formula is C17H17ClN4O3S. The number of aromatic nitrogens is 3. The van der Waals surface area contributed by atoms with E-state index in [1.807, 2.05) is 24.4 Å². The lowest BCUT2D eigenvalue weighted by atomic mass is 10.4. The Kier molecular flexibility index (Phi) is 6.19.